The predicted molar refractivity (Wildman–Crippen MR) is 66.6 cm³/mol. The van der Waals surface area contributed by atoms with E-state index in [9.17, 15) is 0 Å². The van der Waals surface area contributed by atoms with Crippen molar-refractivity contribution >= 4 is 11.4 Å². The summed E-state index contributed by atoms with van der Waals surface area (Å²) in [6.07, 6.45) is 1.19. The topological polar surface area (TPSA) is 24.1 Å². The normalized spacial score (nSPS) is 24.7. The molecule has 1 aromatic carbocycles. The first-order valence-corrected chi connectivity index (χ1v) is 5.72. The minimum absolute atomic E-state index is 0.353. The number of rotatable bonds is 1. The second-order valence-corrected chi connectivity index (χ2v) is 4.87. The van der Waals surface area contributed by atoms with E-state index in [0.717, 1.165) is 13.1 Å². The fraction of sp³-hybridized carbons (Fsp3) is 0.538. The highest BCUT2D eigenvalue weighted by molar-refractivity contribution is 5.73. The van der Waals surface area contributed by atoms with E-state index in [1.54, 1.807) is 0 Å². The molecule has 15 heavy (non-hydrogen) atoms. The molecular formula is C13H20N2. The van der Waals surface area contributed by atoms with Gasteiger partial charge < -0.3 is 10.6 Å². The Morgan fingerprint density at radius 2 is 2.00 bits per heavy atom. The highest BCUT2D eigenvalue weighted by atomic mass is 15.0. The highest BCUT2D eigenvalue weighted by Gasteiger charge is 2.25. The van der Waals surface area contributed by atoms with Crippen LogP contribution in [0, 0.1) is 12.3 Å². The van der Waals surface area contributed by atoms with Crippen LogP contribution < -0.4 is 10.6 Å². The van der Waals surface area contributed by atoms with Crippen LogP contribution in [0.4, 0.5) is 11.4 Å². The Balaban J connectivity index is 2.29. The molecule has 2 nitrogen and oxygen atoms in total. The number of para-hydroxylation sites is 1. The van der Waals surface area contributed by atoms with E-state index in [-0.39, 0.29) is 0 Å². The number of aryl methyl sites for hydroxylation is 1. The summed E-state index contributed by atoms with van der Waals surface area (Å²) >= 11 is 0. The lowest BCUT2D eigenvalue weighted by atomic mass is 9.88. The van der Waals surface area contributed by atoms with Crippen LogP contribution in [0.15, 0.2) is 18.2 Å². The molecule has 0 fully saturated rings. The predicted octanol–water partition coefficient (Wildman–Crippen LogP) is 3.25. The lowest BCUT2D eigenvalue weighted by Gasteiger charge is -2.26. The Hall–Kier alpha value is -1.18. The Labute approximate surface area is 92.1 Å². The molecule has 2 N–H and O–H groups in total. The van der Waals surface area contributed by atoms with Gasteiger partial charge in [0.15, 0.2) is 0 Å². The molecule has 1 aromatic rings. The number of hydrogen-bond acceptors (Lipinski definition) is 2. The Bertz CT molecular complexity index is 360. The van der Waals surface area contributed by atoms with Crippen LogP contribution in [-0.2, 0) is 0 Å². The summed E-state index contributed by atoms with van der Waals surface area (Å²) in [5.74, 6) is 0. The second kappa shape index (κ2) is 3.76. The standard InChI is InChI=1S/C13H20N2/c1-4-13(3)8-14-11-7-5-6-10(2)12(11)15-9-13/h5-7,14-15H,4,8-9H2,1-3H3. The lowest BCUT2D eigenvalue weighted by molar-refractivity contribution is 0.361. The van der Waals surface area contributed by atoms with Crippen molar-refractivity contribution in [1.82, 2.24) is 0 Å². The molecule has 2 rings (SSSR count). The van der Waals surface area contributed by atoms with Gasteiger partial charge in [-0.25, -0.2) is 0 Å². The quantitative estimate of drug-likeness (QED) is 0.733. The first-order valence-electron chi connectivity index (χ1n) is 5.72. The van der Waals surface area contributed by atoms with Crippen molar-refractivity contribution in [3.8, 4) is 0 Å². The SMILES string of the molecule is CCC1(C)CNc2cccc(C)c2NC1. The number of anilines is 2. The van der Waals surface area contributed by atoms with Crippen molar-refractivity contribution in [2.75, 3.05) is 23.7 Å². The van der Waals surface area contributed by atoms with Crippen LogP contribution in [0.25, 0.3) is 0 Å². The lowest BCUT2D eigenvalue weighted by Crippen LogP contribution is -2.30. The summed E-state index contributed by atoms with van der Waals surface area (Å²) in [5, 5.41) is 7.12. The maximum atomic E-state index is 3.57. The first kappa shape index (κ1) is 10.3. The number of hydrogen-bond donors (Lipinski definition) is 2. The van der Waals surface area contributed by atoms with Gasteiger partial charge in [0.25, 0.3) is 0 Å². The van der Waals surface area contributed by atoms with E-state index in [4.69, 9.17) is 0 Å². The van der Waals surface area contributed by atoms with Crippen molar-refractivity contribution in [2.24, 2.45) is 5.41 Å². The Morgan fingerprint density at radius 3 is 2.73 bits per heavy atom. The Kier molecular flexibility index (Phi) is 2.59. The molecule has 1 atom stereocenters. The molecule has 0 saturated carbocycles. The van der Waals surface area contributed by atoms with Crippen LogP contribution in [-0.4, -0.2) is 13.1 Å². The van der Waals surface area contributed by atoms with Gasteiger partial charge in [-0.15, -0.1) is 0 Å². The third kappa shape index (κ3) is 1.94. The molecule has 0 saturated heterocycles. The minimum Gasteiger partial charge on any atom is -0.383 e. The zero-order valence-corrected chi connectivity index (χ0v) is 9.85. The third-order valence-corrected chi connectivity index (χ3v) is 3.52. The molecule has 1 aliphatic heterocycles. The van der Waals surface area contributed by atoms with E-state index in [0.29, 0.717) is 5.41 Å². The minimum atomic E-state index is 0.353. The fourth-order valence-electron chi connectivity index (χ4n) is 1.97. The zero-order valence-electron chi connectivity index (χ0n) is 9.85. The van der Waals surface area contributed by atoms with E-state index in [2.05, 4.69) is 49.6 Å². The highest BCUT2D eigenvalue weighted by Crippen LogP contribution is 2.32. The summed E-state index contributed by atoms with van der Waals surface area (Å²) in [6.45, 7) is 8.84. The van der Waals surface area contributed by atoms with Crippen LogP contribution in [0.2, 0.25) is 0 Å². The van der Waals surface area contributed by atoms with Gasteiger partial charge in [0.2, 0.25) is 0 Å². The van der Waals surface area contributed by atoms with Gasteiger partial charge >= 0.3 is 0 Å². The van der Waals surface area contributed by atoms with Crippen molar-refractivity contribution in [3.63, 3.8) is 0 Å². The van der Waals surface area contributed by atoms with E-state index >= 15 is 0 Å². The molecule has 0 bridgehead atoms. The largest absolute Gasteiger partial charge is 0.383 e. The first-order chi connectivity index (χ1) is 7.14. The van der Waals surface area contributed by atoms with Crippen molar-refractivity contribution in [1.29, 1.82) is 0 Å². The number of benzene rings is 1. The van der Waals surface area contributed by atoms with Gasteiger partial charge in [0.05, 0.1) is 11.4 Å². The monoisotopic (exact) mass is 204 g/mol. The van der Waals surface area contributed by atoms with Gasteiger partial charge in [0, 0.05) is 18.5 Å². The summed E-state index contributed by atoms with van der Waals surface area (Å²) in [4.78, 5) is 0. The molecule has 0 amide bonds. The zero-order chi connectivity index (χ0) is 10.9. The molecule has 0 aromatic heterocycles. The summed E-state index contributed by atoms with van der Waals surface area (Å²) < 4.78 is 0. The van der Waals surface area contributed by atoms with E-state index in [1.807, 2.05) is 0 Å². The van der Waals surface area contributed by atoms with Gasteiger partial charge in [-0.2, -0.15) is 0 Å². The molecule has 0 spiro atoms. The number of fused-ring (bicyclic) bond motifs is 1. The molecule has 2 heteroatoms. The second-order valence-electron chi connectivity index (χ2n) is 4.87. The van der Waals surface area contributed by atoms with E-state index < -0.39 is 0 Å². The molecule has 0 aliphatic carbocycles. The summed E-state index contributed by atoms with van der Waals surface area (Å²) in [7, 11) is 0. The van der Waals surface area contributed by atoms with Gasteiger partial charge in [-0.05, 0) is 25.0 Å². The van der Waals surface area contributed by atoms with Crippen LogP contribution in [0.5, 0.6) is 0 Å². The average Bonchev–Trinajstić information content (AvgIpc) is 2.41. The van der Waals surface area contributed by atoms with Crippen molar-refractivity contribution in [2.45, 2.75) is 27.2 Å². The number of nitrogens with one attached hydrogen (secondary N) is 2. The van der Waals surface area contributed by atoms with Gasteiger partial charge in [0.1, 0.15) is 0 Å². The van der Waals surface area contributed by atoms with E-state index in [1.165, 1.54) is 23.4 Å². The molecule has 0 radical (unpaired) electrons. The fourth-order valence-corrected chi connectivity index (χ4v) is 1.97. The maximum absolute atomic E-state index is 3.57. The molecule has 82 valence electrons. The Morgan fingerprint density at radius 1 is 1.27 bits per heavy atom. The summed E-state index contributed by atoms with van der Waals surface area (Å²) in [6, 6.07) is 6.41. The van der Waals surface area contributed by atoms with Crippen molar-refractivity contribution < 1.29 is 0 Å². The molecule has 1 aliphatic rings. The molecule has 1 unspecified atom stereocenters. The molecular weight excluding hydrogens is 184 g/mol. The van der Waals surface area contributed by atoms with Crippen LogP contribution in [0.3, 0.4) is 0 Å². The van der Waals surface area contributed by atoms with Crippen LogP contribution in [0.1, 0.15) is 25.8 Å². The van der Waals surface area contributed by atoms with Crippen molar-refractivity contribution in [3.05, 3.63) is 23.8 Å². The van der Waals surface area contributed by atoms with Crippen LogP contribution >= 0.6 is 0 Å². The average molecular weight is 204 g/mol. The van der Waals surface area contributed by atoms with Gasteiger partial charge in [-0.3, -0.25) is 0 Å². The van der Waals surface area contributed by atoms with Gasteiger partial charge in [-0.1, -0.05) is 26.0 Å². The molecule has 1 heterocycles. The maximum Gasteiger partial charge on any atom is 0.0605 e. The summed E-state index contributed by atoms with van der Waals surface area (Å²) in [5.41, 5.74) is 4.19. The smallest absolute Gasteiger partial charge is 0.0605 e. The third-order valence-electron chi connectivity index (χ3n) is 3.52.